The van der Waals surface area contributed by atoms with Gasteiger partial charge >= 0.3 is 6.09 Å². The van der Waals surface area contributed by atoms with Crippen LogP contribution in [0.5, 0.6) is 0 Å². The maximum absolute atomic E-state index is 11.6. The molecule has 20 heavy (non-hydrogen) atoms. The van der Waals surface area contributed by atoms with Gasteiger partial charge in [0, 0.05) is 6.54 Å². The largest absolute Gasteiger partial charge is 0.445 e. The molecule has 4 N–H and O–H groups in total. The molecule has 112 valence electrons. The molecule has 0 bridgehead atoms. The lowest BCUT2D eigenvalue weighted by atomic mass is 10.1. The van der Waals surface area contributed by atoms with Crippen molar-refractivity contribution in [2.45, 2.75) is 26.0 Å². The highest BCUT2D eigenvalue weighted by Crippen LogP contribution is 2.04. The molecular weight excluding hydrogens is 282 g/mol. The summed E-state index contributed by atoms with van der Waals surface area (Å²) in [6.07, 6.45) is -0.630. The summed E-state index contributed by atoms with van der Waals surface area (Å²) in [6, 6.07) is 9.22. The minimum atomic E-state index is -3.79. The molecule has 0 aromatic heterocycles. The Morgan fingerprint density at radius 2 is 1.90 bits per heavy atom. The second kappa shape index (κ2) is 6.69. The van der Waals surface area contributed by atoms with Gasteiger partial charge in [-0.3, -0.25) is 0 Å². The molecule has 0 fully saturated rings. The first-order chi connectivity index (χ1) is 9.18. The highest BCUT2D eigenvalue weighted by atomic mass is 32.2. The highest BCUT2D eigenvalue weighted by Gasteiger charge is 2.22. The predicted molar refractivity (Wildman–Crippen MR) is 75.0 cm³/mol. The summed E-state index contributed by atoms with van der Waals surface area (Å²) >= 11 is 0. The smallest absolute Gasteiger partial charge is 0.407 e. The number of alkyl carbamates (subject to hydrolysis) is 1. The Morgan fingerprint density at radius 1 is 1.30 bits per heavy atom. The van der Waals surface area contributed by atoms with Crippen LogP contribution in [0.4, 0.5) is 4.79 Å². The third kappa shape index (κ3) is 7.07. The number of amides is 1. The van der Waals surface area contributed by atoms with Crippen LogP contribution >= 0.6 is 0 Å². The normalized spacial score (nSPS) is 11.9. The molecule has 0 spiro atoms. The van der Waals surface area contributed by atoms with E-state index in [1.54, 1.807) is 13.8 Å². The summed E-state index contributed by atoms with van der Waals surface area (Å²) in [5, 5.41) is 7.38. The molecule has 0 aliphatic heterocycles. The highest BCUT2D eigenvalue weighted by molar-refractivity contribution is 7.87. The van der Waals surface area contributed by atoms with Crippen LogP contribution < -0.4 is 15.2 Å². The van der Waals surface area contributed by atoms with E-state index >= 15 is 0 Å². The fourth-order valence-electron chi connectivity index (χ4n) is 1.36. The van der Waals surface area contributed by atoms with Gasteiger partial charge in [0.1, 0.15) is 6.61 Å². The Hall–Kier alpha value is -1.64. The molecule has 1 rings (SSSR count). The van der Waals surface area contributed by atoms with Crippen LogP contribution in [0.15, 0.2) is 30.3 Å². The lowest BCUT2D eigenvalue weighted by Crippen LogP contribution is -2.52. The first-order valence-electron chi connectivity index (χ1n) is 5.94. The SMILES string of the molecule is CC(C)(CNS(N)(=O)=O)NC(=O)OCc1ccccc1. The van der Waals surface area contributed by atoms with E-state index in [0.29, 0.717) is 0 Å². The molecule has 0 aliphatic rings. The number of nitrogens with one attached hydrogen (secondary N) is 2. The summed E-state index contributed by atoms with van der Waals surface area (Å²) in [5.41, 5.74) is 0.0448. The van der Waals surface area contributed by atoms with Gasteiger partial charge in [-0.05, 0) is 19.4 Å². The van der Waals surface area contributed by atoms with E-state index in [1.165, 1.54) is 0 Å². The fourth-order valence-corrected chi connectivity index (χ4v) is 1.92. The van der Waals surface area contributed by atoms with Crippen LogP contribution in [-0.2, 0) is 21.6 Å². The molecule has 0 unspecified atom stereocenters. The molecule has 7 nitrogen and oxygen atoms in total. The van der Waals surface area contributed by atoms with Crippen molar-refractivity contribution in [3.8, 4) is 0 Å². The van der Waals surface area contributed by atoms with Gasteiger partial charge in [0.15, 0.2) is 0 Å². The van der Waals surface area contributed by atoms with Crippen molar-refractivity contribution in [2.24, 2.45) is 5.14 Å². The molecule has 0 heterocycles. The molecule has 8 heteroatoms. The zero-order valence-electron chi connectivity index (χ0n) is 11.4. The van der Waals surface area contributed by atoms with E-state index in [9.17, 15) is 13.2 Å². The van der Waals surface area contributed by atoms with Crippen LogP contribution in [0.1, 0.15) is 19.4 Å². The van der Waals surface area contributed by atoms with Gasteiger partial charge in [0.25, 0.3) is 10.2 Å². The number of carbonyl (C=O) groups excluding carboxylic acids is 1. The van der Waals surface area contributed by atoms with Gasteiger partial charge in [-0.1, -0.05) is 30.3 Å². The van der Waals surface area contributed by atoms with E-state index in [0.717, 1.165) is 5.56 Å². The van der Waals surface area contributed by atoms with Gasteiger partial charge in [-0.2, -0.15) is 8.42 Å². The molecule has 0 saturated carbocycles. The lowest BCUT2D eigenvalue weighted by Gasteiger charge is -2.25. The maximum Gasteiger partial charge on any atom is 0.407 e. The summed E-state index contributed by atoms with van der Waals surface area (Å²) in [6.45, 7) is 3.40. The first kappa shape index (κ1) is 16.4. The predicted octanol–water partition coefficient (Wildman–Crippen LogP) is 0.485. The van der Waals surface area contributed by atoms with E-state index in [4.69, 9.17) is 9.88 Å². The van der Waals surface area contributed by atoms with Crippen LogP contribution in [0.2, 0.25) is 0 Å². The Bertz CT molecular complexity index is 543. The topological polar surface area (TPSA) is 111 Å². The molecular formula is C12H19N3O4S. The molecule has 0 aliphatic carbocycles. The minimum absolute atomic E-state index is 0.0354. The van der Waals surface area contributed by atoms with Crippen molar-refractivity contribution in [1.82, 2.24) is 10.0 Å². The zero-order valence-corrected chi connectivity index (χ0v) is 12.2. The van der Waals surface area contributed by atoms with Gasteiger partial charge < -0.3 is 10.1 Å². The first-order valence-corrected chi connectivity index (χ1v) is 7.49. The zero-order chi connectivity index (χ0) is 15.2. The minimum Gasteiger partial charge on any atom is -0.445 e. The van der Waals surface area contributed by atoms with Crippen LogP contribution in [0.3, 0.4) is 0 Å². The third-order valence-corrected chi connectivity index (χ3v) is 2.92. The molecule has 0 atom stereocenters. The van der Waals surface area contributed by atoms with Crippen molar-refractivity contribution in [1.29, 1.82) is 0 Å². The number of hydrogen-bond acceptors (Lipinski definition) is 4. The van der Waals surface area contributed by atoms with Gasteiger partial charge in [-0.25, -0.2) is 14.7 Å². The van der Waals surface area contributed by atoms with Crippen molar-refractivity contribution < 1.29 is 17.9 Å². The Balaban J connectivity index is 2.41. The van der Waals surface area contributed by atoms with Crippen molar-refractivity contribution in [3.63, 3.8) is 0 Å². The monoisotopic (exact) mass is 301 g/mol. The van der Waals surface area contributed by atoms with Crippen molar-refractivity contribution >= 4 is 16.3 Å². The Kier molecular flexibility index (Phi) is 5.49. The fraction of sp³-hybridized carbons (Fsp3) is 0.417. The molecule has 1 amide bonds. The van der Waals surface area contributed by atoms with Gasteiger partial charge in [-0.15, -0.1) is 0 Å². The number of nitrogens with two attached hydrogens (primary N) is 1. The summed E-state index contributed by atoms with van der Waals surface area (Å²) in [5.74, 6) is 0. The Labute approximate surface area is 118 Å². The number of carbonyl (C=O) groups is 1. The number of ether oxygens (including phenoxy) is 1. The standard InChI is InChI=1S/C12H19N3O4S/c1-12(2,9-14-20(13,17)18)15-11(16)19-8-10-6-4-3-5-7-10/h3-7,14H,8-9H2,1-2H3,(H,15,16)(H2,13,17,18). The van der Waals surface area contributed by atoms with E-state index < -0.39 is 21.8 Å². The number of hydrogen-bond donors (Lipinski definition) is 3. The molecule has 1 aromatic rings. The average molecular weight is 301 g/mol. The van der Waals surface area contributed by atoms with Gasteiger partial charge in [0.05, 0.1) is 5.54 Å². The average Bonchev–Trinajstić information content (AvgIpc) is 2.34. The quantitative estimate of drug-likeness (QED) is 0.710. The lowest BCUT2D eigenvalue weighted by molar-refractivity contribution is 0.130. The Morgan fingerprint density at radius 3 is 2.45 bits per heavy atom. The van der Waals surface area contributed by atoms with E-state index in [-0.39, 0.29) is 13.2 Å². The molecule has 1 aromatic carbocycles. The van der Waals surface area contributed by atoms with E-state index in [1.807, 2.05) is 30.3 Å². The van der Waals surface area contributed by atoms with Crippen LogP contribution in [-0.4, -0.2) is 26.6 Å². The maximum atomic E-state index is 11.6. The van der Waals surface area contributed by atoms with Crippen molar-refractivity contribution in [3.05, 3.63) is 35.9 Å². The molecule has 0 saturated heterocycles. The number of benzene rings is 1. The van der Waals surface area contributed by atoms with E-state index in [2.05, 4.69) is 10.0 Å². The third-order valence-electron chi connectivity index (χ3n) is 2.37. The van der Waals surface area contributed by atoms with Crippen molar-refractivity contribution in [2.75, 3.05) is 6.54 Å². The second-order valence-electron chi connectivity index (χ2n) is 4.94. The summed E-state index contributed by atoms with van der Waals surface area (Å²) < 4.78 is 28.8. The van der Waals surface area contributed by atoms with Crippen LogP contribution in [0.25, 0.3) is 0 Å². The molecule has 0 radical (unpaired) electrons. The van der Waals surface area contributed by atoms with Crippen LogP contribution in [0, 0.1) is 0 Å². The second-order valence-corrected chi connectivity index (χ2v) is 6.32. The number of rotatable bonds is 6. The van der Waals surface area contributed by atoms with Gasteiger partial charge in [0.2, 0.25) is 0 Å². The summed E-state index contributed by atoms with van der Waals surface area (Å²) in [7, 11) is -3.79. The summed E-state index contributed by atoms with van der Waals surface area (Å²) in [4.78, 5) is 11.6.